The van der Waals surface area contributed by atoms with E-state index in [1.807, 2.05) is 4.72 Å². The molecule has 1 N–H and O–H groups in total. The summed E-state index contributed by atoms with van der Waals surface area (Å²) in [5.41, 5.74) is -0.599. The van der Waals surface area contributed by atoms with Crippen LogP contribution in [0, 0.1) is 17.5 Å². The standard InChI is InChI=1S/C29H27ClF3N5O4S2/c1-29(2,3)42-28(39)38-13-10-16(11-14-38)26-36-24(25(43-26)21-9-12-34-27(30)35-21)18-5-4-6-20(23(18)33)37-44(40,41)22-15-17(31)7-8-19(22)32/h4-9,12,15-16,37H,10-11,13-14H2,1-3H3. The number of carbonyl (C=O) groups is 1. The van der Waals surface area contributed by atoms with Gasteiger partial charge in [0.2, 0.25) is 5.28 Å². The Bertz CT molecular complexity index is 1820. The lowest BCUT2D eigenvalue weighted by Gasteiger charge is -2.32. The molecule has 3 heterocycles. The molecule has 1 amide bonds. The van der Waals surface area contributed by atoms with E-state index in [0.717, 1.165) is 12.1 Å². The number of benzene rings is 2. The maximum absolute atomic E-state index is 16.0. The van der Waals surface area contributed by atoms with Crippen LogP contribution in [0.15, 0.2) is 53.6 Å². The number of hydrogen-bond donors (Lipinski definition) is 1. The summed E-state index contributed by atoms with van der Waals surface area (Å²) in [6.45, 7) is 6.27. The SMILES string of the molecule is CC(C)(C)OC(=O)N1CCC(c2nc(-c3cccc(NS(=O)(=O)c4cc(F)ccc4F)c3F)c(-c3ccnc(Cl)n3)s2)CC1. The first kappa shape index (κ1) is 31.7. The normalized spacial score (nSPS) is 14.5. The van der Waals surface area contributed by atoms with Crippen molar-refractivity contribution in [3.8, 4) is 21.8 Å². The minimum Gasteiger partial charge on any atom is -0.444 e. The third kappa shape index (κ3) is 6.97. The van der Waals surface area contributed by atoms with Gasteiger partial charge in [0.1, 0.15) is 22.1 Å². The van der Waals surface area contributed by atoms with Gasteiger partial charge in [0.05, 0.1) is 27.0 Å². The lowest BCUT2D eigenvalue weighted by Crippen LogP contribution is -2.41. The molecule has 9 nitrogen and oxygen atoms in total. The van der Waals surface area contributed by atoms with E-state index in [9.17, 15) is 22.0 Å². The number of rotatable bonds is 6. The minimum atomic E-state index is -4.69. The summed E-state index contributed by atoms with van der Waals surface area (Å²) in [4.78, 5) is 26.6. The fourth-order valence-corrected chi connectivity index (χ4v) is 7.16. The van der Waals surface area contributed by atoms with Crippen molar-refractivity contribution < 1.29 is 31.1 Å². The molecular formula is C29H27ClF3N5O4S2. The van der Waals surface area contributed by atoms with Crippen LogP contribution in [0.3, 0.4) is 0 Å². The Morgan fingerprint density at radius 2 is 1.82 bits per heavy atom. The summed E-state index contributed by atoms with van der Waals surface area (Å²) in [6, 6.07) is 7.54. The molecule has 0 aliphatic carbocycles. The van der Waals surface area contributed by atoms with Gasteiger partial charge in [-0.05, 0) is 81.6 Å². The second kappa shape index (κ2) is 12.3. The van der Waals surface area contributed by atoms with E-state index in [4.69, 9.17) is 21.3 Å². The van der Waals surface area contributed by atoms with E-state index in [1.54, 1.807) is 31.7 Å². The van der Waals surface area contributed by atoms with Gasteiger partial charge in [-0.25, -0.2) is 41.3 Å². The highest BCUT2D eigenvalue weighted by atomic mass is 35.5. The van der Waals surface area contributed by atoms with Crippen LogP contribution in [-0.4, -0.2) is 53.1 Å². The molecule has 1 aliphatic rings. The molecule has 5 rings (SSSR count). The molecule has 0 bridgehead atoms. The Morgan fingerprint density at radius 3 is 2.50 bits per heavy atom. The summed E-state index contributed by atoms with van der Waals surface area (Å²) in [7, 11) is -4.69. The van der Waals surface area contributed by atoms with Crippen molar-refractivity contribution in [3.05, 3.63) is 76.4 Å². The van der Waals surface area contributed by atoms with Crippen molar-refractivity contribution in [2.45, 2.75) is 50.0 Å². The van der Waals surface area contributed by atoms with E-state index >= 15 is 4.39 Å². The molecule has 2 aromatic heterocycles. The van der Waals surface area contributed by atoms with Crippen LogP contribution in [0.2, 0.25) is 5.28 Å². The van der Waals surface area contributed by atoms with Gasteiger partial charge in [0.15, 0.2) is 5.82 Å². The number of nitrogens with zero attached hydrogens (tertiary/aromatic N) is 4. The molecule has 4 aromatic rings. The van der Waals surface area contributed by atoms with Gasteiger partial charge in [-0.15, -0.1) is 11.3 Å². The summed E-state index contributed by atoms with van der Waals surface area (Å²) in [5.74, 6) is -3.21. The van der Waals surface area contributed by atoms with Crippen LogP contribution in [0.1, 0.15) is 44.5 Å². The maximum atomic E-state index is 16.0. The topological polar surface area (TPSA) is 114 Å². The van der Waals surface area contributed by atoms with Gasteiger partial charge in [-0.1, -0.05) is 6.07 Å². The first-order valence-corrected chi connectivity index (χ1v) is 16.1. The van der Waals surface area contributed by atoms with Crippen molar-refractivity contribution in [3.63, 3.8) is 0 Å². The lowest BCUT2D eigenvalue weighted by molar-refractivity contribution is 0.0204. The largest absolute Gasteiger partial charge is 0.444 e. The molecule has 1 fully saturated rings. The molecule has 2 aromatic carbocycles. The van der Waals surface area contributed by atoms with Crippen LogP contribution in [0.5, 0.6) is 0 Å². The average Bonchev–Trinajstić information content (AvgIpc) is 3.40. The molecular weight excluding hydrogens is 639 g/mol. The van der Waals surface area contributed by atoms with Gasteiger partial charge >= 0.3 is 6.09 Å². The van der Waals surface area contributed by atoms with Crippen molar-refractivity contribution in [1.82, 2.24) is 19.9 Å². The number of nitrogens with one attached hydrogen (secondary N) is 1. The monoisotopic (exact) mass is 665 g/mol. The molecule has 1 aliphatic heterocycles. The van der Waals surface area contributed by atoms with E-state index in [0.29, 0.717) is 53.6 Å². The molecule has 0 unspecified atom stereocenters. The number of piperidine rings is 1. The number of likely N-dealkylation sites (tertiary alicyclic amines) is 1. The smallest absolute Gasteiger partial charge is 0.410 e. The van der Waals surface area contributed by atoms with E-state index in [-0.39, 0.29) is 22.5 Å². The zero-order chi connectivity index (χ0) is 31.8. The zero-order valence-corrected chi connectivity index (χ0v) is 26.2. The van der Waals surface area contributed by atoms with E-state index < -0.39 is 49.8 Å². The number of ether oxygens (including phenoxy) is 1. The third-order valence-electron chi connectivity index (χ3n) is 6.68. The number of anilines is 1. The zero-order valence-electron chi connectivity index (χ0n) is 23.8. The second-order valence-electron chi connectivity index (χ2n) is 11.0. The Kier molecular flexibility index (Phi) is 8.87. The van der Waals surface area contributed by atoms with Crippen molar-refractivity contribution in [1.29, 1.82) is 0 Å². The second-order valence-corrected chi connectivity index (χ2v) is 14.0. The summed E-state index contributed by atoms with van der Waals surface area (Å²) in [6.07, 6.45) is 2.21. The number of carbonyl (C=O) groups excluding carboxylic acids is 1. The van der Waals surface area contributed by atoms with Crippen molar-refractivity contribution in [2.24, 2.45) is 0 Å². The highest BCUT2D eigenvalue weighted by molar-refractivity contribution is 7.92. The number of aromatic nitrogens is 3. The average molecular weight is 666 g/mol. The van der Waals surface area contributed by atoms with E-state index in [1.165, 1.54) is 29.7 Å². The summed E-state index contributed by atoms with van der Waals surface area (Å²) < 4.78 is 77.3. The number of sulfonamides is 1. The van der Waals surface area contributed by atoms with Crippen LogP contribution >= 0.6 is 22.9 Å². The van der Waals surface area contributed by atoms with Crippen LogP contribution in [0.4, 0.5) is 23.7 Å². The summed E-state index contributed by atoms with van der Waals surface area (Å²) >= 11 is 7.33. The predicted molar refractivity (Wildman–Crippen MR) is 160 cm³/mol. The number of hydrogen-bond acceptors (Lipinski definition) is 8. The van der Waals surface area contributed by atoms with Crippen LogP contribution in [0.25, 0.3) is 21.8 Å². The predicted octanol–water partition coefficient (Wildman–Crippen LogP) is 7.25. The lowest BCUT2D eigenvalue weighted by atomic mass is 9.97. The Morgan fingerprint density at radius 1 is 1.09 bits per heavy atom. The van der Waals surface area contributed by atoms with Gasteiger partial charge in [-0.3, -0.25) is 4.72 Å². The Hall–Kier alpha value is -3.75. The molecule has 15 heteroatoms. The first-order valence-electron chi connectivity index (χ1n) is 13.5. The molecule has 232 valence electrons. The Balaban J connectivity index is 1.49. The third-order valence-corrected chi connectivity index (χ3v) is 9.48. The van der Waals surface area contributed by atoms with Crippen LogP contribution in [-0.2, 0) is 14.8 Å². The molecule has 0 spiro atoms. The molecule has 0 radical (unpaired) electrons. The van der Waals surface area contributed by atoms with Crippen LogP contribution < -0.4 is 4.72 Å². The molecule has 1 saturated heterocycles. The maximum Gasteiger partial charge on any atom is 0.410 e. The number of halogens is 4. The number of thiazole rings is 1. The van der Waals surface area contributed by atoms with Gasteiger partial charge < -0.3 is 9.64 Å². The van der Waals surface area contributed by atoms with Crippen molar-refractivity contribution in [2.75, 3.05) is 17.8 Å². The molecule has 0 saturated carbocycles. The van der Waals surface area contributed by atoms with Gasteiger partial charge in [0, 0.05) is 30.8 Å². The fourth-order valence-electron chi connectivity index (χ4n) is 4.64. The number of amides is 1. The molecule has 44 heavy (non-hydrogen) atoms. The van der Waals surface area contributed by atoms with Crippen molar-refractivity contribution >= 4 is 44.7 Å². The quantitative estimate of drug-likeness (QED) is 0.216. The van der Waals surface area contributed by atoms with Gasteiger partial charge in [0.25, 0.3) is 10.0 Å². The minimum absolute atomic E-state index is 0.0341. The first-order chi connectivity index (χ1) is 20.7. The Labute approximate surface area is 261 Å². The molecule has 0 atom stereocenters. The highest BCUT2D eigenvalue weighted by Gasteiger charge is 2.31. The fraction of sp³-hybridized carbons (Fsp3) is 0.310. The highest BCUT2D eigenvalue weighted by Crippen LogP contribution is 2.43. The summed E-state index contributed by atoms with van der Waals surface area (Å²) in [5, 5.41) is 0.633. The van der Waals surface area contributed by atoms with E-state index in [2.05, 4.69) is 9.97 Å². The van der Waals surface area contributed by atoms with Gasteiger partial charge in [-0.2, -0.15) is 0 Å².